The van der Waals surface area contributed by atoms with Gasteiger partial charge in [-0.15, -0.1) is 0 Å². The van der Waals surface area contributed by atoms with Gasteiger partial charge in [-0.05, 0) is 30.2 Å². The molecule has 5 nitrogen and oxygen atoms in total. The van der Waals surface area contributed by atoms with Crippen molar-refractivity contribution in [3.8, 4) is 17.2 Å². The first-order valence-electron chi connectivity index (χ1n) is 7.41. The number of hydrogen-bond donors (Lipinski definition) is 1. The quantitative estimate of drug-likeness (QED) is 0.822. The van der Waals surface area contributed by atoms with Crippen molar-refractivity contribution in [1.29, 1.82) is 0 Å². The number of ether oxygens (including phenoxy) is 3. The first kappa shape index (κ1) is 17.9. The molecular formula is C18H20ClNO4. The first-order valence-corrected chi connectivity index (χ1v) is 7.79. The minimum atomic E-state index is -0.127. The number of hydrogen-bond acceptors (Lipinski definition) is 4. The summed E-state index contributed by atoms with van der Waals surface area (Å²) < 4.78 is 15.6. The lowest BCUT2D eigenvalue weighted by molar-refractivity contribution is -0.116. The Hall–Kier alpha value is -2.40. The molecule has 0 aliphatic rings. The Morgan fingerprint density at radius 3 is 2.46 bits per heavy atom. The Kier molecular flexibility index (Phi) is 6.32. The number of halogens is 1. The van der Waals surface area contributed by atoms with Crippen molar-refractivity contribution in [2.24, 2.45) is 0 Å². The van der Waals surface area contributed by atoms with Gasteiger partial charge in [-0.25, -0.2) is 0 Å². The van der Waals surface area contributed by atoms with Crippen LogP contribution >= 0.6 is 11.6 Å². The van der Waals surface area contributed by atoms with E-state index in [1.807, 2.05) is 24.3 Å². The van der Waals surface area contributed by atoms with Crippen molar-refractivity contribution in [1.82, 2.24) is 0 Å². The molecule has 1 amide bonds. The number of anilines is 1. The summed E-state index contributed by atoms with van der Waals surface area (Å²) >= 11 is 6.10. The number of carbonyl (C=O) groups is 1. The minimum Gasteiger partial charge on any atom is -0.497 e. The number of benzene rings is 2. The Bertz CT molecular complexity index is 718. The Morgan fingerprint density at radius 2 is 1.79 bits per heavy atom. The van der Waals surface area contributed by atoms with Crippen LogP contribution in [0, 0.1) is 0 Å². The molecule has 128 valence electrons. The van der Waals surface area contributed by atoms with E-state index in [0.29, 0.717) is 35.1 Å². The van der Waals surface area contributed by atoms with Crippen LogP contribution in [0.15, 0.2) is 36.4 Å². The second kappa shape index (κ2) is 8.45. The van der Waals surface area contributed by atoms with Crippen molar-refractivity contribution in [3.05, 3.63) is 47.0 Å². The molecule has 0 saturated carbocycles. The molecule has 0 aromatic heterocycles. The Balaban J connectivity index is 2.02. The van der Waals surface area contributed by atoms with Crippen LogP contribution in [0.4, 0.5) is 5.69 Å². The van der Waals surface area contributed by atoms with E-state index >= 15 is 0 Å². The molecule has 0 spiro atoms. The van der Waals surface area contributed by atoms with E-state index < -0.39 is 0 Å². The van der Waals surface area contributed by atoms with Gasteiger partial charge >= 0.3 is 0 Å². The lowest BCUT2D eigenvalue weighted by atomic mass is 10.1. The van der Waals surface area contributed by atoms with E-state index in [-0.39, 0.29) is 5.91 Å². The van der Waals surface area contributed by atoms with Crippen molar-refractivity contribution in [3.63, 3.8) is 0 Å². The predicted octanol–water partition coefficient (Wildman–Crippen LogP) is 3.94. The van der Waals surface area contributed by atoms with Gasteiger partial charge in [0.15, 0.2) is 0 Å². The molecule has 2 aromatic rings. The number of amides is 1. The number of methoxy groups -OCH3 is 3. The van der Waals surface area contributed by atoms with E-state index in [9.17, 15) is 4.79 Å². The molecule has 0 aliphatic carbocycles. The van der Waals surface area contributed by atoms with Gasteiger partial charge in [-0.1, -0.05) is 23.7 Å². The van der Waals surface area contributed by atoms with E-state index in [1.165, 1.54) is 14.2 Å². The van der Waals surface area contributed by atoms with Crippen LogP contribution < -0.4 is 19.5 Å². The maximum absolute atomic E-state index is 12.2. The largest absolute Gasteiger partial charge is 0.497 e. The third kappa shape index (κ3) is 4.55. The van der Waals surface area contributed by atoms with Crippen LogP contribution in [0.5, 0.6) is 17.2 Å². The SMILES string of the molecule is COc1cccc(CCC(=O)Nc2cc(Cl)c(OC)cc2OC)c1. The van der Waals surface area contributed by atoms with Crippen LogP contribution in [0.3, 0.4) is 0 Å². The van der Waals surface area contributed by atoms with Gasteiger partial charge < -0.3 is 19.5 Å². The lowest BCUT2D eigenvalue weighted by Crippen LogP contribution is -2.13. The van der Waals surface area contributed by atoms with E-state index in [0.717, 1.165) is 11.3 Å². The summed E-state index contributed by atoms with van der Waals surface area (Å²) in [6.45, 7) is 0. The van der Waals surface area contributed by atoms with Crippen molar-refractivity contribution >= 4 is 23.2 Å². The van der Waals surface area contributed by atoms with Crippen LogP contribution in [0.25, 0.3) is 0 Å². The molecular weight excluding hydrogens is 330 g/mol. The molecule has 0 saturated heterocycles. The predicted molar refractivity (Wildman–Crippen MR) is 94.5 cm³/mol. The van der Waals surface area contributed by atoms with Crippen molar-refractivity contribution in [2.45, 2.75) is 12.8 Å². The number of aryl methyl sites for hydroxylation is 1. The number of nitrogens with one attached hydrogen (secondary N) is 1. The fraction of sp³-hybridized carbons (Fsp3) is 0.278. The second-order valence-electron chi connectivity index (χ2n) is 5.09. The maximum atomic E-state index is 12.2. The zero-order chi connectivity index (χ0) is 17.5. The summed E-state index contributed by atoms with van der Waals surface area (Å²) in [6.07, 6.45) is 0.940. The molecule has 24 heavy (non-hydrogen) atoms. The highest BCUT2D eigenvalue weighted by Crippen LogP contribution is 2.35. The molecule has 0 bridgehead atoms. The van der Waals surface area contributed by atoms with Crippen molar-refractivity contribution < 1.29 is 19.0 Å². The average molecular weight is 350 g/mol. The zero-order valence-corrected chi connectivity index (χ0v) is 14.6. The van der Waals surface area contributed by atoms with Crippen LogP contribution in [0.1, 0.15) is 12.0 Å². The Morgan fingerprint density at radius 1 is 1.04 bits per heavy atom. The van der Waals surface area contributed by atoms with Gasteiger partial charge in [0.2, 0.25) is 5.91 Å². The molecule has 6 heteroatoms. The van der Waals surface area contributed by atoms with Gasteiger partial charge in [0.05, 0.1) is 32.0 Å². The molecule has 0 heterocycles. The summed E-state index contributed by atoms with van der Waals surface area (Å²) in [4.78, 5) is 12.2. The van der Waals surface area contributed by atoms with Crippen LogP contribution in [-0.4, -0.2) is 27.2 Å². The van der Waals surface area contributed by atoms with Crippen molar-refractivity contribution in [2.75, 3.05) is 26.6 Å². The van der Waals surface area contributed by atoms with Crippen LogP contribution in [0.2, 0.25) is 5.02 Å². The third-order valence-corrected chi connectivity index (χ3v) is 3.82. The number of carbonyl (C=O) groups excluding carboxylic acids is 1. The molecule has 0 atom stereocenters. The average Bonchev–Trinajstić information content (AvgIpc) is 2.60. The van der Waals surface area contributed by atoms with Gasteiger partial charge in [0.1, 0.15) is 17.2 Å². The van der Waals surface area contributed by atoms with E-state index in [4.69, 9.17) is 25.8 Å². The second-order valence-corrected chi connectivity index (χ2v) is 5.49. The van der Waals surface area contributed by atoms with E-state index in [2.05, 4.69) is 5.32 Å². The molecule has 0 unspecified atom stereocenters. The minimum absolute atomic E-state index is 0.127. The molecule has 2 rings (SSSR count). The highest BCUT2D eigenvalue weighted by atomic mass is 35.5. The summed E-state index contributed by atoms with van der Waals surface area (Å²) in [7, 11) is 4.66. The number of rotatable bonds is 7. The summed E-state index contributed by atoms with van der Waals surface area (Å²) in [6, 6.07) is 10.9. The smallest absolute Gasteiger partial charge is 0.224 e. The molecule has 2 aromatic carbocycles. The molecule has 0 aliphatic heterocycles. The summed E-state index contributed by atoms with van der Waals surface area (Å²) in [5.41, 5.74) is 1.54. The normalized spacial score (nSPS) is 10.2. The standard InChI is InChI=1S/C18H20ClNO4/c1-22-13-6-4-5-12(9-13)7-8-18(21)20-15-10-14(19)16(23-2)11-17(15)24-3/h4-6,9-11H,7-8H2,1-3H3,(H,20,21). The highest BCUT2D eigenvalue weighted by molar-refractivity contribution is 6.32. The summed E-state index contributed by atoms with van der Waals surface area (Å²) in [5.74, 6) is 1.63. The molecule has 0 radical (unpaired) electrons. The van der Waals surface area contributed by atoms with Crippen LogP contribution in [-0.2, 0) is 11.2 Å². The van der Waals surface area contributed by atoms with Gasteiger partial charge in [0.25, 0.3) is 0 Å². The van der Waals surface area contributed by atoms with Gasteiger partial charge in [-0.2, -0.15) is 0 Å². The fourth-order valence-electron chi connectivity index (χ4n) is 2.26. The molecule has 0 fully saturated rings. The monoisotopic (exact) mass is 349 g/mol. The Labute approximate surface area is 146 Å². The van der Waals surface area contributed by atoms with Gasteiger partial charge in [-0.3, -0.25) is 4.79 Å². The fourth-order valence-corrected chi connectivity index (χ4v) is 2.50. The zero-order valence-electron chi connectivity index (χ0n) is 13.9. The maximum Gasteiger partial charge on any atom is 0.224 e. The lowest BCUT2D eigenvalue weighted by Gasteiger charge is -2.13. The summed E-state index contributed by atoms with van der Waals surface area (Å²) in [5, 5.41) is 3.22. The van der Waals surface area contributed by atoms with Gasteiger partial charge in [0, 0.05) is 12.5 Å². The third-order valence-electron chi connectivity index (χ3n) is 3.52. The molecule has 1 N–H and O–H groups in total. The highest BCUT2D eigenvalue weighted by Gasteiger charge is 2.12. The topological polar surface area (TPSA) is 56.8 Å². The van der Waals surface area contributed by atoms with E-state index in [1.54, 1.807) is 19.2 Å². The first-order chi connectivity index (χ1) is 11.6.